The second-order valence-corrected chi connectivity index (χ2v) is 8.55. The summed E-state index contributed by atoms with van der Waals surface area (Å²) >= 11 is 6.71. The van der Waals surface area contributed by atoms with Gasteiger partial charge in [0, 0.05) is 11.1 Å². The molecule has 0 spiro atoms. The quantitative estimate of drug-likeness (QED) is 0.269. The van der Waals surface area contributed by atoms with Gasteiger partial charge in [0.2, 0.25) is 0 Å². The molecule has 0 atom stereocenters. The number of carbonyl (C=O) groups is 1. The molecule has 0 aliphatic rings. The minimum absolute atomic E-state index is 0.0646. The van der Waals surface area contributed by atoms with E-state index in [9.17, 15) is 4.79 Å². The molecule has 0 aromatic heterocycles. The molecule has 0 aliphatic heterocycles. The average molecular weight is 524 g/mol. The summed E-state index contributed by atoms with van der Waals surface area (Å²) in [6.07, 6.45) is 1.94. The van der Waals surface area contributed by atoms with E-state index in [-0.39, 0.29) is 12.3 Å². The summed E-state index contributed by atoms with van der Waals surface area (Å²) in [5.74, 6) is -0.596. The molecular formula is C21H20Br2N2O4. The van der Waals surface area contributed by atoms with Crippen LogP contribution in [0.4, 0.5) is 0 Å². The van der Waals surface area contributed by atoms with Crippen LogP contribution in [-0.4, -0.2) is 31.6 Å². The highest BCUT2D eigenvalue weighted by atomic mass is 79.9. The van der Waals surface area contributed by atoms with Crippen molar-refractivity contribution >= 4 is 55.3 Å². The van der Waals surface area contributed by atoms with E-state index < -0.39 is 5.97 Å². The molecule has 29 heavy (non-hydrogen) atoms. The molecular weight excluding hydrogens is 504 g/mol. The fourth-order valence-corrected chi connectivity index (χ4v) is 3.02. The second kappa shape index (κ2) is 11.5. The Morgan fingerprint density at radius 2 is 1.83 bits per heavy atom. The van der Waals surface area contributed by atoms with Gasteiger partial charge in [-0.1, -0.05) is 52.8 Å². The number of nitrogens with zero attached hydrogens (tertiary/aromatic N) is 2. The fourth-order valence-electron chi connectivity index (χ4n) is 2.49. The average Bonchev–Trinajstić information content (AvgIpc) is 2.71. The van der Waals surface area contributed by atoms with Crippen LogP contribution in [0.15, 0.2) is 62.2 Å². The highest BCUT2D eigenvalue weighted by Crippen LogP contribution is 2.19. The number of halogens is 2. The summed E-state index contributed by atoms with van der Waals surface area (Å²) < 4.78 is 5.63. The first-order valence-corrected chi connectivity index (χ1v) is 10.1. The summed E-state index contributed by atoms with van der Waals surface area (Å²) in [6.45, 7) is 2.02. The predicted molar refractivity (Wildman–Crippen MR) is 121 cm³/mol. The van der Waals surface area contributed by atoms with E-state index in [2.05, 4.69) is 42.2 Å². The number of carbonyl (C=O) groups excluding carboxylic acids is 1. The van der Waals surface area contributed by atoms with Gasteiger partial charge in [-0.25, -0.2) is 4.79 Å². The van der Waals surface area contributed by atoms with E-state index in [4.69, 9.17) is 14.4 Å². The van der Waals surface area contributed by atoms with Crippen LogP contribution in [0.3, 0.4) is 0 Å². The van der Waals surface area contributed by atoms with Crippen molar-refractivity contribution in [3.8, 4) is 0 Å². The van der Waals surface area contributed by atoms with Crippen molar-refractivity contribution in [3.05, 3.63) is 74.2 Å². The maximum Gasteiger partial charge on any atom is 0.360 e. The van der Waals surface area contributed by atoms with Crippen molar-refractivity contribution in [2.24, 2.45) is 10.3 Å². The van der Waals surface area contributed by atoms with Gasteiger partial charge in [-0.3, -0.25) is 0 Å². The predicted octanol–water partition coefficient (Wildman–Crippen LogP) is 5.24. The minimum Gasteiger partial charge on any atom is -0.464 e. The van der Waals surface area contributed by atoms with E-state index in [0.29, 0.717) is 5.56 Å². The van der Waals surface area contributed by atoms with E-state index in [1.165, 1.54) is 14.2 Å². The Bertz CT molecular complexity index is 951. The third-order valence-corrected chi connectivity index (χ3v) is 4.29. The number of hydrogen-bond acceptors (Lipinski definition) is 6. The van der Waals surface area contributed by atoms with Gasteiger partial charge in [-0.15, -0.1) is 0 Å². The summed E-state index contributed by atoms with van der Waals surface area (Å²) in [5.41, 5.74) is 4.03. The molecule has 0 amide bonds. The number of esters is 1. The van der Waals surface area contributed by atoms with Gasteiger partial charge in [-0.05, 0) is 62.1 Å². The Balaban J connectivity index is 2.19. The molecule has 2 rings (SSSR count). The van der Waals surface area contributed by atoms with Gasteiger partial charge in [0.25, 0.3) is 0 Å². The first kappa shape index (κ1) is 22.8. The SMILES string of the molecule is CON=C(C(=O)OC)c1ccccc1CON=C(C)c1cccc(C=C(Br)Br)c1. The number of methoxy groups -OCH3 is 1. The Kier molecular flexibility index (Phi) is 9.08. The van der Waals surface area contributed by atoms with Gasteiger partial charge in [0.05, 0.1) is 16.2 Å². The van der Waals surface area contributed by atoms with Crippen molar-refractivity contribution in [2.45, 2.75) is 13.5 Å². The molecule has 0 unspecified atom stereocenters. The lowest BCUT2D eigenvalue weighted by Gasteiger charge is -2.10. The molecule has 2 aromatic rings. The second-order valence-electron chi connectivity index (χ2n) is 5.78. The zero-order valence-corrected chi connectivity index (χ0v) is 19.4. The number of ether oxygens (including phenoxy) is 1. The highest BCUT2D eigenvalue weighted by molar-refractivity contribution is 9.28. The Morgan fingerprint density at radius 3 is 2.52 bits per heavy atom. The standard InChI is InChI=1S/C21H20Br2N2O4/c1-14(16-9-6-7-15(11-16)12-19(22)23)24-29-13-17-8-4-5-10-18(17)20(25-28-3)21(26)27-2/h4-12H,13H2,1-3H3. The summed E-state index contributed by atoms with van der Waals surface area (Å²) in [7, 11) is 2.66. The van der Waals surface area contributed by atoms with Crippen LogP contribution in [-0.2, 0) is 25.8 Å². The molecule has 0 fully saturated rings. The molecule has 2 aromatic carbocycles. The summed E-state index contributed by atoms with van der Waals surface area (Å²) in [4.78, 5) is 22.3. The van der Waals surface area contributed by atoms with Crippen LogP contribution in [0.5, 0.6) is 0 Å². The Morgan fingerprint density at radius 1 is 1.07 bits per heavy atom. The van der Waals surface area contributed by atoms with Crippen LogP contribution in [0, 0.1) is 0 Å². The smallest absolute Gasteiger partial charge is 0.360 e. The molecule has 6 nitrogen and oxygen atoms in total. The lowest BCUT2D eigenvalue weighted by Crippen LogP contribution is -2.19. The zero-order chi connectivity index (χ0) is 21.2. The summed E-state index contributed by atoms with van der Waals surface area (Å²) in [6, 6.07) is 15.1. The number of benzene rings is 2. The first-order chi connectivity index (χ1) is 14.0. The van der Waals surface area contributed by atoms with Gasteiger partial charge in [0.1, 0.15) is 13.7 Å². The maximum absolute atomic E-state index is 12.0. The third-order valence-electron chi connectivity index (χ3n) is 3.84. The number of rotatable bonds is 8. The molecule has 0 saturated heterocycles. The fraction of sp³-hybridized carbons (Fsp3) is 0.190. The van der Waals surface area contributed by atoms with E-state index in [0.717, 1.165) is 25.8 Å². The zero-order valence-electron chi connectivity index (χ0n) is 16.2. The van der Waals surface area contributed by atoms with Crippen LogP contribution in [0.1, 0.15) is 29.2 Å². The molecule has 0 N–H and O–H groups in total. The maximum atomic E-state index is 12.0. The lowest BCUT2D eigenvalue weighted by molar-refractivity contribution is -0.132. The lowest BCUT2D eigenvalue weighted by atomic mass is 10.0. The van der Waals surface area contributed by atoms with Gasteiger partial charge in [0.15, 0.2) is 5.71 Å². The monoisotopic (exact) mass is 522 g/mol. The van der Waals surface area contributed by atoms with Crippen LogP contribution < -0.4 is 0 Å². The van der Waals surface area contributed by atoms with Gasteiger partial charge < -0.3 is 14.4 Å². The Hall–Kier alpha value is -2.45. The largest absolute Gasteiger partial charge is 0.464 e. The highest BCUT2D eigenvalue weighted by Gasteiger charge is 2.19. The minimum atomic E-state index is -0.596. The topological polar surface area (TPSA) is 69.5 Å². The van der Waals surface area contributed by atoms with Crippen LogP contribution in [0.25, 0.3) is 6.08 Å². The normalized spacial score (nSPS) is 11.6. The molecule has 0 bridgehead atoms. The number of hydrogen-bond donors (Lipinski definition) is 0. The van der Waals surface area contributed by atoms with Crippen molar-refractivity contribution < 1.29 is 19.2 Å². The molecule has 0 heterocycles. The molecule has 0 saturated carbocycles. The van der Waals surface area contributed by atoms with Crippen molar-refractivity contribution in [1.82, 2.24) is 0 Å². The molecule has 0 radical (unpaired) electrons. The summed E-state index contributed by atoms with van der Waals surface area (Å²) in [5, 5.41) is 7.99. The van der Waals surface area contributed by atoms with E-state index >= 15 is 0 Å². The van der Waals surface area contributed by atoms with Crippen LogP contribution >= 0.6 is 31.9 Å². The van der Waals surface area contributed by atoms with Crippen molar-refractivity contribution in [1.29, 1.82) is 0 Å². The van der Waals surface area contributed by atoms with Gasteiger partial charge in [-0.2, -0.15) is 0 Å². The van der Waals surface area contributed by atoms with Gasteiger partial charge >= 0.3 is 5.97 Å². The van der Waals surface area contributed by atoms with Crippen molar-refractivity contribution in [3.63, 3.8) is 0 Å². The third kappa shape index (κ3) is 6.83. The number of oxime groups is 2. The molecule has 152 valence electrons. The van der Waals surface area contributed by atoms with E-state index in [1.807, 2.05) is 49.4 Å². The first-order valence-electron chi connectivity index (χ1n) is 8.53. The molecule has 0 aliphatic carbocycles. The van der Waals surface area contributed by atoms with Crippen LogP contribution in [0.2, 0.25) is 0 Å². The Labute approximate surface area is 186 Å². The molecule has 8 heteroatoms. The van der Waals surface area contributed by atoms with Crippen molar-refractivity contribution in [2.75, 3.05) is 14.2 Å². The van der Waals surface area contributed by atoms with E-state index in [1.54, 1.807) is 12.1 Å².